The number of aromatic nitrogens is 2. The summed E-state index contributed by atoms with van der Waals surface area (Å²) in [7, 11) is 0. The van der Waals surface area contributed by atoms with Crippen LogP contribution in [0.15, 0.2) is 54.7 Å². The Kier molecular flexibility index (Phi) is 4.06. The standard InChI is InChI=1S/C20H20N4O/c21-19(25)15-8-11-24(12-9-15)20-22-10-7-18(23-20)17-6-5-14-3-1-2-4-16(14)13-17/h1-7,10,13,15H,8-9,11-12H2,(H2,21,25). The molecule has 1 saturated heterocycles. The average molecular weight is 332 g/mol. The number of hydrogen-bond donors (Lipinski definition) is 1. The van der Waals surface area contributed by atoms with E-state index in [9.17, 15) is 4.79 Å². The Morgan fingerprint density at radius 3 is 2.56 bits per heavy atom. The molecule has 1 amide bonds. The number of carbonyl (C=O) groups is 1. The number of carbonyl (C=O) groups excluding carboxylic acids is 1. The van der Waals surface area contributed by atoms with Gasteiger partial charge in [-0.05, 0) is 35.7 Å². The van der Waals surface area contributed by atoms with Crippen LogP contribution >= 0.6 is 0 Å². The molecular weight excluding hydrogens is 312 g/mol. The summed E-state index contributed by atoms with van der Waals surface area (Å²) in [6.45, 7) is 1.52. The molecule has 5 heteroatoms. The van der Waals surface area contributed by atoms with Crippen molar-refractivity contribution in [2.24, 2.45) is 11.7 Å². The summed E-state index contributed by atoms with van der Waals surface area (Å²) in [4.78, 5) is 22.6. The SMILES string of the molecule is NC(=O)C1CCN(c2nccc(-c3ccc4ccccc4c3)n2)CC1. The van der Waals surface area contributed by atoms with Crippen molar-refractivity contribution in [3.63, 3.8) is 0 Å². The molecule has 3 aromatic rings. The number of anilines is 1. The van der Waals surface area contributed by atoms with Gasteiger partial charge in [0.15, 0.2) is 0 Å². The number of rotatable bonds is 3. The van der Waals surface area contributed by atoms with E-state index in [1.54, 1.807) is 6.20 Å². The van der Waals surface area contributed by atoms with Crippen molar-refractivity contribution in [3.8, 4) is 11.3 Å². The lowest BCUT2D eigenvalue weighted by Gasteiger charge is -2.30. The van der Waals surface area contributed by atoms with E-state index in [4.69, 9.17) is 10.7 Å². The molecule has 0 saturated carbocycles. The molecule has 1 aliphatic heterocycles. The van der Waals surface area contributed by atoms with Gasteiger partial charge in [0, 0.05) is 30.8 Å². The number of benzene rings is 2. The summed E-state index contributed by atoms with van der Waals surface area (Å²) in [5, 5.41) is 2.41. The van der Waals surface area contributed by atoms with Crippen molar-refractivity contribution in [3.05, 3.63) is 54.7 Å². The second-order valence-corrected chi connectivity index (χ2v) is 6.47. The highest BCUT2D eigenvalue weighted by Crippen LogP contribution is 2.25. The summed E-state index contributed by atoms with van der Waals surface area (Å²) in [5.41, 5.74) is 7.40. The molecule has 0 spiro atoms. The lowest BCUT2D eigenvalue weighted by molar-refractivity contribution is -0.122. The third-order valence-corrected chi connectivity index (χ3v) is 4.87. The van der Waals surface area contributed by atoms with Crippen molar-refractivity contribution in [1.29, 1.82) is 0 Å². The smallest absolute Gasteiger partial charge is 0.225 e. The summed E-state index contributed by atoms with van der Waals surface area (Å²) in [6.07, 6.45) is 3.32. The van der Waals surface area contributed by atoms with Gasteiger partial charge in [0.1, 0.15) is 0 Å². The Morgan fingerprint density at radius 2 is 1.80 bits per heavy atom. The zero-order chi connectivity index (χ0) is 17.2. The lowest BCUT2D eigenvalue weighted by atomic mass is 9.96. The van der Waals surface area contributed by atoms with Gasteiger partial charge in [0.05, 0.1) is 5.69 Å². The van der Waals surface area contributed by atoms with Crippen LogP contribution in [0.5, 0.6) is 0 Å². The molecular formula is C20H20N4O. The number of primary amides is 1. The molecule has 4 rings (SSSR count). The first-order chi connectivity index (χ1) is 12.2. The van der Waals surface area contributed by atoms with Crippen LogP contribution < -0.4 is 10.6 Å². The van der Waals surface area contributed by atoms with E-state index in [0.717, 1.165) is 37.2 Å². The van der Waals surface area contributed by atoms with E-state index < -0.39 is 0 Å². The molecule has 0 radical (unpaired) electrons. The molecule has 2 N–H and O–H groups in total. The highest BCUT2D eigenvalue weighted by atomic mass is 16.1. The van der Waals surface area contributed by atoms with Crippen LogP contribution in [-0.4, -0.2) is 29.0 Å². The van der Waals surface area contributed by atoms with Crippen LogP contribution in [-0.2, 0) is 4.79 Å². The average Bonchev–Trinajstić information content (AvgIpc) is 2.68. The molecule has 1 aromatic heterocycles. The monoisotopic (exact) mass is 332 g/mol. The zero-order valence-electron chi connectivity index (χ0n) is 13.9. The van der Waals surface area contributed by atoms with Gasteiger partial charge in [-0.2, -0.15) is 0 Å². The Bertz CT molecular complexity index is 916. The van der Waals surface area contributed by atoms with E-state index in [1.807, 2.05) is 18.2 Å². The molecule has 0 unspecified atom stereocenters. The van der Waals surface area contributed by atoms with Gasteiger partial charge in [-0.3, -0.25) is 4.79 Å². The van der Waals surface area contributed by atoms with Gasteiger partial charge in [-0.25, -0.2) is 9.97 Å². The van der Waals surface area contributed by atoms with Crippen LogP contribution in [0.3, 0.4) is 0 Å². The van der Waals surface area contributed by atoms with Crippen LogP contribution in [0.4, 0.5) is 5.95 Å². The minimum absolute atomic E-state index is 0.0279. The normalized spacial score (nSPS) is 15.4. The van der Waals surface area contributed by atoms with E-state index in [-0.39, 0.29) is 11.8 Å². The number of hydrogen-bond acceptors (Lipinski definition) is 4. The molecule has 25 heavy (non-hydrogen) atoms. The maximum Gasteiger partial charge on any atom is 0.225 e. The molecule has 1 fully saturated rings. The lowest BCUT2D eigenvalue weighted by Crippen LogP contribution is -2.39. The van der Waals surface area contributed by atoms with Crippen molar-refractivity contribution >= 4 is 22.6 Å². The van der Waals surface area contributed by atoms with Crippen molar-refractivity contribution < 1.29 is 4.79 Å². The summed E-state index contributed by atoms with van der Waals surface area (Å²) < 4.78 is 0. The Balaban J connectivity index is 1.59. The Morgan fingerprint density at radius 1 is 1.04 bits per heavy atom. The van der Waals surface area contributed by atoms with E-state index in [2.05, 4.69) is 40.2 Å². The van der Waals surface area contributed by atoms with Crippen LogP contribution in [0.2, 0.25) is 0 Å². The first-order valence-electron chi connectivity index (χ1n) is 8.57. The van der Waals surface area contributed by atoms with Crippen molar-refractivity contribution in [2.45, 2.75) is 12.8 Å². The van der Waals surface area contributed by atoms with Crippen molar-refractivity contribution in [1.82, 2.24) is 9.97 Å². The fourth-order valence-corrected chi connectivity index (χ4v) is 3.37. The third-order valence-electron chi connectivity index (χ3n) is 4.87. The summed E-state index contributed by atoms with van der Waals surface area (Å²) >= 11 is 0. The molecule has 126 valence electrons. The molecule has 5 nitrogen and oxygen atoms in total. The van der Waals surface area contributed by atoms with Crippen LogP contribution in [0.1, 0.15) is 12.8 Å². The predicted octanol–water partition coefficient (Wildman–Crippen LogP) is 3.00. The van der Waals surface area contributed by atoms with Gasteiger partial charge in [0.2, 0.25) is 11.9 Å². The highest BCUT2D eigenvalue weighted by molar-refractivity contribution is 5.86. The van der Waals surface area contributed by atoms with E-state index in [0.29, 0.717) is 5.95 Å². The first kappa shape index (κ1) is 15.6. The number of nitrogens with zero attached hydrogens (tertiary/aromatic N) is 3. The van der Waals surface area contributed by atoms with Gasteiger partial charge in [-0.1, -0.05) is 36.4 Å². The molecule has 1 aliphatic rings. The molecule has 0 bridgehead atoms. The largest absolute Gasteiger partial charge is 0.369 e. The van der Waals surface area contributed by atoms with E-state index >= 15 is 0 Å². The highest BCUT2D eigenvalue weighted by Gasteiger charge is 2.24. The maximum atomic E-state index is 11.3. The number of fused-ring (bicyclic) bond motifs is 1. The second kappa shape index (κ2) is 6.51. The summed E-state index contributed by atoms with van der Waals surface area (Å²) in [5.74, 6) is 0.485. The minimum atomic E-state index is -0.203. The molecule has 2 heterocycles. The second-order valence-electron chi connectivity index (χ2n) is 6.47. The maximum absolute atomic E-state index is 11.3. The quantitative estimate of drug-likeness (QED) is 0.800. The number of nitrogens with two attached hydrogens (primary N) is 1. The van der Waals surface area contributed by atoms with E-state index in [1.165, 1.54) is 10.8 Å². The fourth-order valence-electron chi connectivity index (χ4n) is 3.37. The predicted molar refractivity (Wildman–Crippen MR) is 99.1 cm³/mol. The molecule has 2 aromatic carbocycles. The zero-order valence-corrected chi connectivity index (χ0v) is 13.9. The topological polar surface area (TPSA) is 72.1 Å². The fraction of sp³-hybridized carbons (Fsp3) is 0.250. The minimum Gasteiger partial charge on any atom is -0.369 e. The van der Waals surface area contributed by atoms with Crippen molar-refractivity contribution in [2.75, 3.05) is 18.0 Å². The van der Waals surface area contributed by atoms with Crippen LogP contribution in [0, 0.1) is 5.92 Å². The van der Waals surface area contributed by atoms with Gasteiger partial charge in [-0.15, -0.1) is 0 Å². The molecule has 0 atom stereocenters. The Hall–Kier alpha value is -2.95. The van der Waals surface area contributed by atoms with Gasteiger partial charge >= 0.3 is 0 Å². The third kappa shape index (κ3) is 3.18. The van der Waals surface area contributed by atoms with Gasteiger partial charge in [0.25, 0.3) is 0 Å². The Labute approximate surface area is 146 Å². The molecule has 0 aliphatic carbocycles. The number of amides is 1. The van der Waals surface area contributed by atoms with Crippen LogP contribution in [0.25, 0.3) is 22.0 Å². The number of piperidine rings is 1. The summed E-state index contributed by atoms with van der Waals surface area (Å²) in [6, 6.07) is 16.6. The van der Waals surface area contributed by atoms with Gasteiger partial charge < -0.3 is 10.6 Å². The first-order valence-corrected chi connectivity index (χ1v) is 8.57.